The van der Waals surface area contributed by atoms with E-state index in [1.54, 1.807) is 29.5 Å². The lowest BCUT2D eigenvalue weighted by Crippen LogP contribution is -2.36. The van der Waals surface area contributed by atoms with Gasteiger partial charge in [0.25, 0.3) is 11.5 Å². The molecule has 2 aliphatic heterocycles. The first-order valence-corrected chi connectivity index (χ1v) is 11.8. The Morgan fingerprint density at radius 3 is 2.61 bits per heavy atom. The molecule has 166 valence electrons. The Morgan fingerprint density at radius 2 is 1.97 bits per heavy atom. The summed E-state index contributed by atoms with van der Waals surface area (Å²) in [6, 6.07) is 2.05. The summed E-state index contributed by atoms with van der Waals surface area (Å²) in [6.07, 6.45) is 5.78. The first kappa shape index (κ1) is 23.5. The molecule has 3 heterocycles. The van der Waals surface area contributed by atoms with E-state index in [1.165, 1.54) is 11.8 Å². The number of hydrogen-bond donors (Lipinski definition) is 0. The second kappa shape index (κ2) is 10.4. The van der Waals surface area contributed by atoms with Gasteiger partial charge in [0.05, 0.1) is 4.91 Å². The second-order valence-corrected chi connectivity index (χ2v) is 9.32. The van der Waals surface area contributed by atoms with Gasteiger partial charge < -0.3 is 9.64 Å². The molecular formula is C22H28N4O3S2. The van der Waals surface area contributed by atoms with E-state index >= 15 is 0 Å². The van der Waals surface area contributed by atoms with Gasteiger partial charge in [0.1, 0.15) is 21.8 Å². The van der Waals surface area contributed by atoms with Crippen LogP contribution in [0.3, 0.4) is 0 Å². The number of thioether (sulfide) groups is 1. The molecule has 9 heteroatoms. The van der Waals surface area contributed by atoms with Crippen molar-refractivity contribution >= 4 is 46.1 Å². The van der Waals surface area contributed by atoms with Gasteiger partial charge in [0, 0.05) is 45.5 Å². The van der Waals surface area contributed by atoms with Crippen molar-refractivity contribution in [2.45, 2.75) is 39.5 Å². The zero-order valence-electron chi connectivity index (χ0n) is 18.3. The third-order valence-electron chi connectivity index (χ3n) is 5.65. The molecule has 0 N–H and O–H groups in total. The van der Waals surface area contributed by atoms with E-state index in [1.807, 2.05) is 13.0 Å². The SMILES string of the molecule is CCOCCCN1C(=O)/C(=C\c2c(C)c(C#N)c(=O)n(C)c2N2CCCCC2)SC1=S. The van der Waals surface area contributed by atoms with Gasteiger partial charge in [-0.15, -0.1) is 0 Å². The molecule has 2 aliphatic rings. The predicted octanol–water partition coefficient (Wildman–Crippen LogP) is 3.18. The van der Waals surface area contributed by atoms with Crippen LogP contribution >= 0.6 is 24.0 Å². The Bertz CT molecular complexity index is 1000. The third-order valence-corrected chi connectivity index (χ3v) is 7.02. The molecule has 2 saturated heterocycles. The maximum Gasteiger partial charge on any atom is 0.270 e. The zero-order chi connectivity index (χ0) is 22.5. The van der Waals surface area contributed by atoms with Crippen LogP contribution in [0.5, 0.6) is 0 Å². The van der Waals surface area contributed by atoms with Crippen LogP contribution in [0.1, 0.15) is 49.3 Å². The van der Waals surface area contributed by atoms with Gasteiger partial charge in [-0.2, -0.15) is 5.26 Å². The number of ether oxygens (including phenoxy) is 1. The predicted molar refractivity (Wildman–Crippen MR) is 128 cm³/mol. The fourth-order valence-corrected chi connectivity index (χ4v) is 5.28. The number of carbonyl (C=O) groups excluding carboxylic acids is 1. The number of anilines is 1. The van der Waals surface area contributed by atoms with Crippen LogP contribution in [-0.2, 0) is 16.6 Å². The summed E-state index contributed by atoms with van der Waals surface area (Å²) >= 11 is 6.71. The van der Waals surface area contributed by atoms with Crippen molar-refractivity contribution in [2.75, 3.05) is 37.7 Å². The number of hydrogen-bond acceptors (Lipinski definition) is 7. The summed E-state index contributed by atoms with van der Waals surface area (Å²) in [4.78, 5) is 30.2. The highest BCUT2D eigenvalue weighted by molar-refractivity contribution is 8.26. The number of thiocarbonyl (C=S) groups is 1. The highest BCUT2D eigenvalue weighted by atomic mass is 32.2. The van der Waals surface area contributed by atoms with Crippen LogP contribution in [0.4, 0.5) is 5.82 Å². The quantitative estimate of drug-likeness (QED) is 0.351. The average Bonchev–Trinajstić information content (AvgIpc) is 3.03. The molecule has 1 aromatic heterocycles. The fraction of sp³-hybridized carbons (Fsp3) is 0.545. The Morgan fingerprint density at radius 1 is 1.26 bits per heavy atom. The van der Waals surface area contributed by atoms with Crippen molar-refractivity contribution in [1.29, 1.82) is 5.26 Å². The maximum absolute atomic E-state index is 13.1. The number of nitrogens with zero attached hydrogens (tertiary/aromatic N) is 4. The molecule has 0 bridgehead atoms. The maximum atomic E-state index is 13.1. The van der Waals surface area contributed by atoms with Gasteiger partial charge in [-0.1, -0.05) is 24.0 Å². The summed E-state index contributed by atoms with van der Waals surface area (Å²) in [6.45, 7) is 7.14. The van der Waals surface area contributed by atoms with E-state index in [-0.39, 0.29) is 17.0 Å². The number of carbonyl (C=O) groups is 1. The molecule has 0 atom stereocenters. The van der Waals surface area contributed by atoms with Gasteiger partial charge >= 0.3 is 0 Å². The largest absolute Gasteiger partial charge is 0.382 e. The molecule has 31 heavy (non-hydrogen) atoms. The summed E-state index contributed by atoms with van der Waals surface area (Å²) in [5, 5.41) is 9.58. The molecule has 0 radical (unpaired) electrons. The monoisotopic (exact) mass is 460 g/mol. The summed E-state index contributed by atoms with van der Waals surface area (Å²) < 4.78 is 7.43. The van der Waals surface area contributed by atoms with Gasteiger partial charge in [-0.25, -0.2) is 0 Å². The topological polar surface area (TPSA) is 78.6 Å². The van der Waals surface area contributed by atoms with Crippen LogP contribution in [0.25, 0.3) is 6.08 Å². The molecule has 0 aromatic carbocycles. The van der Waals surface area contributed by atoms with E-state index in [4.69, 9.17) is 17.0 Å². The lowest BCUT2D eigenvalue weighted by Gasteiger charge is -2.32. The molecule has 1 aromatic rings. The highest BCUT2D eigenvalue weighted by Gasteiger charge is 2.33. The number of rotatable bonds is 7. The summed E-state index contributed by atoms with van der Waals surface area (Å²) in [7, 11) is 1.70. The van der Waals surface area contributed by atoms with Crippen LogP contribution < -0.4 is 10.5 Å². The van der Waals surface area contributed by atoms with Crippen LogP contribution in [0, 0.1) is 18.3 Å². The molecule has 0 saturated carbocycles. The minimum atomic E-state index is -0.304. The molecule has 2 fully saturated rings. The highest BCUT2D eigenvalue weighted by Crippen LogP contribution is 2.36. The molecule has 1 amide bonds. The van der Waals surface area contributed by atoms with E-state index in [2.05, 4.69) is 4.90 Å². The second-order valence-electron chi connectivity index (χ2n) is 7.64. The van der Waals surface area contributed by atoms with Crippen molar-refractivity contribution in [3.63, 3.8) is 0 Å². The number of amides is 1. The minimum Gasteiger partial charge on any atom is -0.382 e. The van der Waals surface area contributed by atoms with Crippen LogP contribution in [0.15, 0.2) is 9.70 Å². The summed E-state index contributed by atoms with van der Waals surface area (Å²) in [5.74, 6) is 0.630. The van der Waals surface area contributed by atoms with Gasteiger partial charge in [-0.05, 0) is 51.2 Å². The first-order chi connectivity index (χ1) is 14.9. The molecule has 3 rings (SSSR count). The third kappa shape index (κ3) is 4.86. The van der Waals surface area contributed by atoms with Crippen molar-refractivity contribution < 1.29 is 9.53 Å². The lowest BCUT2D eigenvalue weighted by atomic mass is 10.0. The van der Waals surface area contributed by atoms with Gasteiger partial charge in [0.15, 0.2) is 0 Å². The standard InChI is InChI=1S/C22H28N4O3S2/c1-4-29-12-8-11-26-21(28)18(31-22(26)30)13-16-15(2)17(14-23)20(27)24(3)19(16)25-9-6-5-7-10-25/h13H,4-12H2,1-3H3/b18-13+. The van der Waals surface area contributed by atoms with E-state index in [0.717, 1.165) is 43.7 Å². The fourth-order valence-electron chi connectivity index (χ4n) is 3.99. The Kier molecular flexibility index (Phi) is 7.92. The van der Waals surface area contributed by atoms with Gasteiger partial charge in [-0.3, -0.25) is 19.1 Å². The van der Waals surface area contributed by atoms with Crippen molar-refractivity contribution in [3.8, 4) is 6.07 Å². The van der Waals surface area contributed by atoms with E-state index < -0.39 is 0 Å². The van der Waals surface area contributed by atoms with Gasteiger partial charge in [0.2, 0.25) is 0 Å². The zero-order valence-corrected chi connectivity index (χ0v) is 19.9. The molecular weight excluding hydrogens is 432 g/mol. The smallest absolute Gasteiger partial charge is 0.270 e. The minimum absolute atomic E-state index is 0.113. The normalized spacial score (nSPS) is 18.2. The summed E-state index contributed by atoms with van der Waals surface area (Å²) in [5.41, 5.74) is 1.16. The van der Waals surface area contributed by atoms with E-state index in [0.29, 0.717) is 41.0 Å². The number of nitriles is 1. The Labute approximate surface area is 192 Å². The molecule has 7 nitrogen and oxygen atoms in total. The van der Waals surface area contributed by atoms with Crippen molar-refractivity contribution in [2.24, 2.45) is 7.05 Å². The average molecular weight is 461 g/mol. The number of aromatic nitrogens is 1. The molecule has 0 spiro atoms. The first-order valence-electron chi connectivity index (χ1n) is 10.6. The van der Waals surface area contributed by atoms with Crippen molar-refractivity contribution in [3.05, 3.63) is 31.9 Å². The van der Waals surface area contributed by atoms with E-state index in [9.17, 15) is 14.9 Å². The Hall–Kier alpha value is -2.15. The Balaban J connectivity index is 2.02. The van der Waals surface area contributed by atoms with Crippen LogP contribution in [-0.4, -0.2) is 52.5 Å². The van der Waals surface area contributed by atoms with Crippen LogP contribution in [0.2, 0.25) is 0 Å². The number of piperidine rings is 1. The van der Waals surface area contributed by atoms with Crippen molar-refractivity contribution in [1.82, 2.24) is 9.47 Å². The molecule has 0 aliphatic carbocycles. The molecule has 0 unspecified atom stereocenters. The lowest BCUT2D eigenvalue weighted by molar-refractivity contribution is -0.122. The number of pyridine rings is 1.